The van der Waals surface area contributed by atoms with E-state index < -0.39 is 42.5 Å². The Labute approximate surface area is 168 Å². The molecular formula is C20H34BF2NO4. The molecule has 1 saturated heterocycles. The van der Waals surface area contributed by atoms with E-state index in [9.17, 15) is 13.6 Å². The summed E-state index contributed by atoms with van der Waals surface area (Å²) in [6.45, 7) is 20.2. The van der Waals surface area contributed by atoms with Gasteiger partial charge in [-0.1, -0.05) is 6.08 Å². The molecule has 1 unspecified atom stereocenters. The second-order valence-electron chi connectivity index (χ2n) is 9.11. The number of carbonyl (C=O) groups is 1. The van der Waals surface area contributed by atoms with E-state index in [1.54, 1.807) is 20.8 Å². The summed E-state index contributed by atoms with van der Waals surface area (Å²) < 4.78 is 44.6. The van der Waals surface area contributed by atoms with Crippen LogP contribution < -0.4 is 0 Å². The first-order valence-corrected chi connectivity index (χ1v) is 9.53. The lowest BCUT2D eigenvalue weighted by Gasteiger charge is -2.32. The number of carbonyl (C=O) groups excluding carboxylic acids is 1. The molecule has 1 amide bonds. The Kier molecular flexibility index (Phi) is 7.87. The molecule has 1 heterocycles. The van der Waals surface area contributed by atoms with Gasteiger partial charge in [0.25, 0.3) is 6.43 Å². The van der Waals surface area contributed by atoms with Gasteiger partial charge in [-0.25, -0.2) is 13.6 Å². The first-order valence-electron chi connectivity index (χ1n) is 9.53. The predicted octanol–water partition coefficient (Wildman–Crippen LogP) is 5.01. The Morgan fingerprint density at radius 3 is 2.11 bits per heavy atom. The molecule has 1 aliphatic rings. The maximum atomic E-state index is 13.8. The SMILES string of the molecule is C=CCN(C(=O)OC(C)(C)C)C(CCC(=C)B1OC(C)(C)C(C)(C)O1)C(F)F. The molecule has 0 aromatic carbocycles. The zero-order valence-electron chi connectivity index (χ0n) is 18.2. The number of amides is 1. The van der Waals surface area contributed by atoms with Gasteiger partial charge in [0.1, 0.15) is 5.60 Å². The fourth-order valence-corrected chi connectivity index (χ4v) is 2.68. The number of allylic oxidation sites excluding steroid dienone is 1. The summed E-state index contributed by atoms with van der Waals surface area (Å²) in [6.07, 6.45) is -1.89. The van der Waals surface area contributed by atoms with Crippen molar-refractivity contribution < 1.29 is 27.6 Å². The molecule has 0 radical (unpaired) electrons. The molecule has 1 aliphatic heterocycles. The maximum absolute atomic E-state index is 13.8. The van der Waals surface area contributed by atoms with Crippen LogP contribution in [0.15, 0.2) is 24.7 Å². The van der Waals surface area contributed by atoms with Crippen molar-refractivity contribution in [1.82, 2.24) is 4.90 Å². The van der Waals surface area contributed by atoms with Crippen molar-refractivity contribution in [3.05, 3.63) is 24.7 Å². The van der Waals surface area contributed by atoms with Crippen LogP contribution in [0.2, 0.25) is 0 Å². The number of rotatable bonds is 8. The van der Waals surface area contributed by atoms with Crippen LogP contribution in [0.25, 0.3) is 0 Å². The van der Waals surface area contributed by atoms with E-state index in [1.807, 2.05) is 27.7 Å². The lowest BCUT2D eigenvalue weighted by Crippen LogP contribution is -2.47. The van der Waals surface area contributed by atoms with Crippen molar-refractivity contribution in [2.45, 2.75) is 90.6 Å². The van der Waals surface area contributed by atoms with Crippen LogP contribution in [0.4, 0.5) is 13.6 Å². The number of halogens is 2. The molecule has 1 fully saturated rings. The number of alkyl halides is 2. The summed E-state index contributed by atoms with van der Waals surface area (Å²) in [6, 6.07) is -1.33. The van der Waals surface area contributed by atoms with Crippen molar-refractivity contribution in [2.24, 2.45) is 0 Å². The third kappa shape index (κ3) is 6.31. The average Bonchev–Trinajstić information content (AvgIpc) is 2.72. The van der Waals surface area contributed by atoms with Crippen molar-refractivity contribution in [3.63, 3.8) is 0 Å². The number of hydrogen-bond donors (Lipinski definition) is 0. The second kappa shape index (κ2) is 8.95. The minimum absolute atomic E-state index is 0.00760. The van der Waals surface area contributed by atoms with E-state index >= 15 is 0 Å². The Balaban J connectivity index is 2.84. The normalized spacial score (nSPS) is 19.4. The molecule has 1 rings (SSSR count). The van der Waals surface area contributed by atoms with Gasteiger partial charge in [-0.3, -0.25) is 4.90 Å². The lowest BCUT2D eigenvalue weighted by molar-refractivity contribution is -0.0132. The molecular weight excluding hydrogens is 367 g/mol. The highest BCUT2D eigenvalue weighted by atomic mass is 19.3. The van der Waals surface area contributed by atoms with Crippen LogP contribution >= 0.6 is 0 Å². The van der Waals surface area contributed by atoms with Crippen LogP contribution in [0.1, 0.15) is 61.3 Å². The molecule has 0 aliphatic carbocycles. The Morgan fingerprint density at radius 2 is 1.71 bits per heavy atom. The number of hydrogen-bond acceptors (Lipinski definition) is 4. The standard InChI is InChI=1S/C20H34BF2NO4/c1-10-13-24(17(25)26-18(3,4)5)15(16(22)23)12-11-14(2)21-27-19(6,7)20(8,9)28-21/h10,15-16H,1-2,11-13H2,3-9H3. The smallest absolute Gasteiger partial charge is 0.444 e. The summed E-state index contributed by atoms with van der Waals surface area (Å²) in [5, 5.41) is 0. The van der Waals surface area contributed by atoms with E-state index in [0.29, 0.717) is 5.47 Å². The van der Waals surface area contributed by atoms with Crippen molar-refractivity contribution in [3.8, 4) is 0 Å². The van der Waals surface area contributed by atoms with Gasteiger partial charge in [0.15, 0.2) is 0 Å². The molecule has 0 bridgehead atoms. The zero-order valence-corrected chi connectivity index (χ0v) is 18.2. The fourth-order valence-electron chi connectivity index (χ4n) is 2.68. The van der Waals surface area contributed by atoms with Crippen molar-refractivity contribution in [2.75, 3.05) is 6.54 Å². The first kappa shape index (κ1) is 24.6. The Morgan fingerprint density at radius 1 is 1.21 bits per heavy atom. The minimum atomic E-state index is -2.74. The van der Waals surface area contributed by atoms with Crippen LogP contribution in [-0.4, -0.2) is 53.9 Å². The van der Waals surface area contributed by atoms with Crippen molar-refractivity contribution in [1.29, 1.82) is 0 Å². The van der Waals surface area contributed by atoms with Gasteiger partial charge in [-0.2, -0.15) is 0 Å². The van der Waals surface area contributed by atoms with Crippen molar-refractivity contribution >= 4 is 13.2 Å². The summed E-state index contributed by atoms with van der Waals surface area (Å²) in [7, 11) is -0.669. The molecule has 28 heavy (non-hydrogen) atoms. The third-order valence-corrected chi connectivity index (χ3v) is 4.99. The zero-order chi connectivity index (χ0) is 21.9. The van der Waals surface area contributed by atoms with Crippen LogP contribution in [0.5, 0.6) is 0 Å². The maximum Gasteiger partial charge on any atom is 0.489 e. The molecule has 0 aromatic rings. The average molecular weight is 401 g/mol. The molecule has 5 nitrogen and oxygen atoms in total. The van der Waals surface area contributed by atoms with Gasteiger partial charge < -0.3 is 14.0 Å². The van der Waals surface area contributed by atoms with Gasteiger partial charge in [0, 0.05) is 6.54 Å². The van der Waals surface area contributed by atoms with E-state index in [1.165, 1.54) is 6.08 Å². The number of ether oxygens (including phenoxy) is 1. The topological polar surface area (TPSA) is 48.0 Å². The fraction of sp³-hybridized carbons (Fsp3) is 0.750. The summed E-state index contributed by atoms with van der Waals surface area (Å²) in [5.41, 5.74) is -1.29. The second-order valence-corrected chi connectivity index (χ2v) is 9.11. The molecule has 1 atom stereocenters. The van der Waals surface area contributed by atoms with Gasteiger partial charge >= 0.3 is 13.2 Å². The van der Waals surface area contributed by atoms with E-state index in [-0.39, 0.29) is 19.4 Å². The third-order valence-electron chi connectivity index (χ3n) is 4.99. The molecule has 0 aromatic heterocycles. The summed E-state index contributed by atoms with van der Waals surface area (Å²) >= 11 is 0. The summed E-state index contributed by atoms with van der Waals surface area (Å²) in [5.74, 6) is 0. The van der Waals surface area contributed by atoms with E-state index in [4.69, 9.17) is 14.0 Å². The van der Waals surface area contributed by atoms with E-state index in [0.717, 1.165) is 4.90 Å². The highest BCUT2D eigenvalue weighted by Crippen LogP contribution is 2.39. The van der Waals surface area contributed by atoms with Gasteiger partial charge in [-0.05, 0) is 66.8 Å². The number of nitrogens with zero attached hydrogens (tertiary/aromatic N) is 1. The highest BCUT2D eigenvalue weighted by Gasteiger charge is 2.52. The van der Waals surface area contributed by atoms with E-state index in [2.05, 4.69) is 13.2 Å². The van der Waals surface area contributed by atoms with Gasteiger partial charge in [0.05, 0.1) is 17.2 Å². The first-order chi connectivity index (χ1) is 12.6. The molecule has 0 spiro atoms. The monoisotopic (exact) mass is 401 g/mol. The largest absolute Gasteiger partial charge is 0.489 e. The lowest BCUT2D eigenvalue weighted by atomic mass is 9.76. The quantitative estimate of drug-likeness (QED) is 0.424. The minimum Gasteiger partial charge on any atom is -0.444 e. The van der Waals surface area contributed by atoms with Gasteiger partial charge in [0.2, 0.25) is 0 Å². The molecule has 0 saturated carbocycles. The summed E-state index contributed by atoms with van der Waals surface area (Å²) in [4.78, 5) is 13.4. The van der Waals surface area contributed by atoms with Crippen LogP contribution in [0, 0.1) is 0 Å². The molecule has 0 N–H and O–H groups in total. The van der Waals surface area contributed by atoms with Gasteiger partial charge in [-0.15, -0.1) is 13.2 Å². The predicted molar refractivity (Wildman–Crippen MR) is 107 cm³/mol. The highest BCUT2D eigenvalue weighted by molar-refractivity contribution is 6.54. The molecule has 8 heteroatoms. The van der Waals surface area contributed by atoms with Crippen LogP contribution in [0.3, 0.4) is 0 Å². The Hall–Kier alpha value is -1.41. The Bertz CT molecular complexity index is 571. The molecule has 160 valence electrons. The van der Waals surface area contributed by atoms with Crippen LogP contribution in [-0.2, 0) is 14.0 Å².